The van der Waals surface area contributed by atoms with Crippen LogP contribution in [0.4, 0.5) is 0 Å². The maximum atomic E-state index is 10.6. The first-order valence-electron chi connectivity index (χ1n) is 6.76. The number of benzene rings is 2. The van der Waals surface area contributed by atoms with Gasteiger partial charge in [-0.05, 0) is 35.9 Å². The molecule has 0 saturated carbocycles. The Morgan fingerprint density at radius 2 is 1.92 bits per heavy atom. The summed E-state index contributed by atoms with van der Waals surface area (Å²) in [5.41, 5.74) is 1.32. The van der Waals surface area contributed by atoms with Crippen molar-refractivity contribution in [3.05, 3.63) is 62.6 Å². The van der Waals surface area contributed by atoms with E-state index in [1.807, 2.05) is 0 Å². The summed E-state index contributed by atoms with van der Waals surface area (Å²) in [5.74, 6) is -0.321. The van der Waals surface area contributed by atoms with E-state index in [1.165, 1.54) is 13.2 Å². The second kappa shape index (κ2) is 8.29. The van der Waals surface area contributed by atoms with E-state index in [0.717, 1.165) is 11.6 Å². The topological polar surface area (TPSA) is 55.8 Å². The molecule has 7 heteroatoms. The number of hydrogen-bond donors (Lipinski definition) is 1. The van der Waals surface area contributed by atoms with Crippen LogP contribution in [0.1, 0.15) is 11.1 Å². The molecule has 0 amide bonds. The van der Waals surface area contributed by atoms with Crippen molar-refractivity contribution in [2.24, 2.45) is 0 Å². The second-order valence-corrected chi connectivity index (χ2v) is 5.98. The monoisotopic (exact) mass is 386 g/mol. The number of carboxylic acids is 1. The van der Waals surface area contributed by atoms with Crippen molar-refractivity contribution in [3.63, 3.8) is 0 Å². The molecule has 2 rings (SSSR count). The van der Waals surface area contributed by atoms with Gasteiger partial charge in [-0.1, -0.05) is 40.9 Å². The van der Waals surface area contributed by atoms with Crippen molar-refractivity contribution in [3.8, 4) is 11.5 Å². The lowest BCUT2D eigenvalue weighted by molar-refractivity contribution is -0.131. The van der Waals surface area contributed by atoms with E-state index >= 15 is 0 Å². The largest absolute Gasteiger partial charge is 0.493 e. The summed E-state index contributed by atoms with van der Waals surface area (Å²) in [6.45, 7) is 0.177. The van der Waals surface area contributed by atoms with Crippen LogP contribution in [0.15, 0.2) is 36.4 Å². The molecule has 24 heavy (non-hydrogen) atoms. The van der Waals surface area contributed by atoms with Gasteiger partial charge in [0.25, 0.3) is 0 Å². The molecule has 0 atom stereocenters. The van der Waals surface area contributed by atoms with Gasteiger partial charge in [-0.15, -0.1) is 0 Å². The van der Waals surface area contributed by atoms with Crippen LogP contribution in [0, 0.1) is 0 Å². The molecule has 2 aromatic carbocycles. The first-order valence-corrected chi connectivity index (χ1v) is 7.89. The minimum atomic E-state index is -1.05. The predicted molar refractivity (Wildman–Crippen MR) is 95.5 cm³/mol. The highest BCUT2D eigenvalue weighted by atomic mass is 35.5. The summed E-state index contributed by atoms with van der Waals surface area (Å²) in [5, 5.41) is 10.0. The van der Waals surface area contributed by atoms with Crippen LogP contribution in [-0.4, -0.2) is 18.2 Å². The van der Waals surface area contributed by atoms with Crippen molar-refractivity contribution in [2.45, 2.75) is 6.61 Å². The molecule has 1 N–H and O–H groups in total. The molecule has 0 spiro atoms. The zero-order valence-corrected chi connectivity index (χ0v) is 14.8. The number of ether oxygens (including phenoxy) is 2. The van der Waals surface area contributed by atoms with Crippen LogP contribution in [0.25, 0.3) is 6.08 Å². The van der Waals surface area contributed by atoms with Crippen LogP contribution in [0.3, 0.4) is 0 Å². The summed E-state index contributed by atoms with van der Waals surface area (Å²) in [4.78, 5) is 10.6. The van der Waals surface area contributed by atoms with Gasteiger partial charge in [0.2, 0.25) is 0 Å². The molecule has 0 aliphatic rings. The van der Waals surface area contributed by atoms with Crippen molar-refractivity contribution in [1.29, 1.82) is 0 Å². The maximum Gasteiger partial charge on any atom is 0.328 e. The molecular formula is C17H13Cl3O4. The van der Waals surface area contributed by atoms with Crippen LogP contribution < -0.4 is 9.47 Å². The molecule has 2 aromatic rings. The quantitative estimate of drug-likeness (QED) is 0.680. The number of carboxylic acid groups (broad SMARTS) is 1. The summed E-state index contributed by atoms with van der Waals surface area (Å²) >= 11 is 18.2. The SMILES string of the molecule is COc1cc(C=CC(=O)O)cc(Cl)c1OCc1ccc(Cl)cc1Cl. The minimum absolute atomic E-state index is 0.177. The molecule has 0 aliphatic heterocycles. The molecule has 0 aliphatic carbocycles. The standard InChI is InChI=1S/C17H13Cl3O4/c1-23-15-7-10(2-5-16(21)22)6-14(20)17(15)24-9-11-3-4-12(18)8-13(11)19/h2-8H,9H2,1H3,(H,21,22). The number of rotatable bonds is 6. The second-order valence-electron chi connectivity index (χ2n) is 4.73. The average molecular weight is 388 g/mol. The maximum absolute atomic E-state index is 10.6. The highest BCUT2D eigenvalue weighted by Gasteiger charge is 2.12. The number of halogens is 3. The lowest BCUT2D eigenvalue weighted by Crippen LogP contribution is -1.99. The summed E-state index contributed by atoms with van der Waals surface area (Å²) in [6.07, 6.45) is 2.43. The Bertz CT molecular complexity index is 788. The predicted octanol–water partition coefficient (Wildman–Crippen LogP) is 5.33. The summed E-state index contributed by atoms with van der Waals surface area (Å²) in [7, 11) is 1.47. The van der Waals surface area contributed by atoms with Crippen molar-refractivity contribution < 1.29 is 19.4 Å². The van der Waals surface area contributed by atoms with Crippen LogP contribution in [0.5, 0.6) is 11.5 Å². The smallest absolute Gasteiger partial charge is 0.328 e. The zero-order chi connectivity index (χ0) is 17.7. The minimum Gasteiger partial charge on any atom is -0.493 e. The molecule has 0 radical (unpaired) electrons. The third kappa shape index (κ3) is 4.81. The van der Waals surface area contributed by atoms with Gasteiger partial charge in [-0.2, -0.15) is 0 Å². The molecule has 126 valence electrons. The average Bonchev–Trinajstić information content (AvgIpc) is 2.52. The number of hydrogen-bond acceptors (Lipinski definition) is 3. The molecule has 0 bridgehead atoms. The van der Waals surface area contributed by atoms with Gasteiger partial charge in [-0.3, -0.25) is 0 Å². The van der Waals surface area contributed by atoms with E-state index in [9.17, 15) is 4.79 Å². The van der Waals surface area contributed by atoms with Gasteiger partial charge < -0.3 is 14.6 Å². The highest BCUT2D eigenvalue weighted by Crippen LogP contribution is 2.37. The molecule has 0 saturated heterocycles. The Morgan fingerprint density at radius 3 is 2.54 bits per heavy atom. The Kier molecular flexibility index (Phi) is 6.37. The highest BCUT2D eigenvalue weighted by molar-refractivity contribution is 6.35. The van der Waals surface area contributed by atoms with E-state index < -0.39 is 5.97 Å². The van der Waals surface area contributed by atoms with Gasteiger partial charge in [0.1, 0.15) is 6.61 Å². The first kappa shape index (κ1) is 18.5. The molecule has 4 nitrogen and oxygen atoms in total. The summed E-state index contributed by atoms with van der Waals surface area (Å²) in [6, 6.07) is 8.31. The molecule has 0 heterocycles. The first-order chi connectivity index (χ1) is 11.4. The van der Waals surface area contributed by atoms with E-state index in [0.29, 0.717) is 32.1 Å². The molecular weight excluding hydrogens is 375 g/mol. The van der Waals surface area contributed by atoms with E-state index in [4.69, 9.17) is 49.4 Å². The number of carbonyl (C=O) groups is 1. The van der Waals surface area contributed by atoms with Gasteiger partial charge in [-0.25, -0.2) is 4.79 Å². The summed E-state index contributed by atoms with van der Waals surface area (Å²) < 4.78 is 11.0. The lowest BCUT2D eigenvalue weighted by Gasteiger charge is -2.14. The van der Waals surface area contributed by atoms with Crippen LogP contribution in [-0.2, 0) is 11.4 Å². The Labute approximate surface area is 154 Å². The zero-order valence-electron chi connectivity index (χ0n) is 12.6. The van der Waals surface area contributed by atoms with Crippen LogP contribution in [0.2, 0.25) is 15.1 Å². The Balaban J connectivity index is 2.24. The molecule has 0 aromatic heterocycles. The normalized spacial score (nSPS) is 10.8. The van der Waals surface area contributed by atoms with E-state index in [1.54, 1.807) is 30.3 Å². The van der Waals surface area contributed by atoms with Gasteiger partial charge in [0.05, 0.1) is 12.1 Å². The molecule has 0 unspecified atom stereocenters. The third-order valence-corrected chi connectivity index (χ3v) is 3.92. The third-order valence-electron chi connectivity index (χ3n) is 3.06. The lowest BCUT2D eigenvalue weighted by atomic mass is 10.2. The fraction of sp³-hybridized carbons (Fsp3) is 0.118. The van der Waals surface area contributed by atoms with Crippen molar-refractivity contribution in [2.75, 3.05) is 7.11 Å². The number of aliphatic carboxylic acids is 1. The fourth-order valence-corrected chi connectivity index (χ4v) is 2.67. The van der Waals surface area contributed by atoms with Crippen LogP contribution >= 0.6 is 34.8 Å². The van der Waals surface area contributed by atoms with Gasteiger partial charge in [0, 0.05) is 21.7 Å². The molecule has 0 fully saturated rings. The van der Waals surface area contributed by atoms with Crippen molar-refractivity contribution in [1.82, 2.24) is 0 Å². The van der Waals surface area contributed by atoms with E-state index in [2.05, 4.69) is 0 Å². The van der Waals surface area contributed by atoms with Crippen molar-refractivity contribution >= 4 is 46.8 Å². The van der Waals surface area contributed by atoms with Gasteiger partial charge in [0.15, 0.2) is 11.5 Å². The fourth-order valence-electron chi connectivity index (χ4n) is 1.93. The Morgan fingerprint density at radius 1 is 1.17 bits per heavy atom. The number of methoxy groups -OCH3 is 1. The Hall–Kier alpha value is -1.88. The van der Waals surface area contributed by atoms with E-state index in [-0.39, 0.29) is 6.61 Å². The van der Waals surface area contributed by atoms with Gasteiger partial charge >= 0.3 is 5.97 Å².